The predicted molar refractivity (Wildman–Crippen MR) is 116 cm³/mol. The van der Waals surface area contributed by atoms with Crippen LogP contribution in [-0.4, -0.2) is 35.6 Å². The minimum atomic E-state index is -0.586. The van der Waals surface area contributed by atoms with Crippen LogP contribution in [0.3, 0.4) is 0 Å². The summed E-state index contributed by atoms with van der Waals surface area (Å²) in [4.78, 5) is 38.1. The number of carbonyl (C=O) groups is 3. The number of hydrogen-bond donors (Lipinski definition) is 1. The number of carbonyl (C=O) groups excluding carboxylic acids is 3. The molecule has 3 rings (SSSR count). The van der Waals surface area contributed by atoms with Crippen LogP contribution < -0.4 is 10.1 Å². The van der Waals surface area contributed by atoms with Gasteiger partial charge in [0.05, 0.1) is 32.8 Å². The summed E-state index contributed by atoms with van der Waals surface area (Å²) in [5, 5.41) is 2.91. The molecule has 0 aromatic heterocycles. The maximum absolute atomic E-state index is 12.6. The molecule has 10 heteroatoms. The van der Waals surface area contributed by atoms with Gasteiger partial charge in [-0.15, -0.1) is 0 Å². The third kappa shape index (κ3) is 4.87. The molecule has 1 fully saturated rings. The molecule has 29 heavy (non-hydrogen) atoms. The van der Waals surface area contributed by atoms with Gasteiger partial charge in [0.1, 0.15) is 6.54 Å². The number of nitrogens with one attached hydrogen (secondary N) is 1. The molecule has 0 aliphatic carbocycles. The summed E-state index contributed by atoms with van der Waals surface area (Å²) in [6.07, 6.45) is 1.48. The number of ether oxygens (including phenoxy) is 1. The van der Waals surface area contributed by atoms with Crippen LogP contribution >= 0.6 is 46.6 Å². The largest absolute Gasteiger partial charge is 0.494 e. The second-order valence-corrected chi connectivity index (χ2v) is 8.03. The fourth-order valence-corrected chi connectivity index (χ4v) is 4.22. The first-order valence-corrected chi connectivity index (χ1v) is 10.1. The number of methoxy groups -OCH3 is 1. The van der Waals surface area contributed by atoms with Crippen molar-refractivity contribution in [3.8, 4) is 5.75 Å². The lowest BCUT2D eigenvalue weighted by Gasteiger charge is -2.13. The molecule has 1 heterocycles. The van der Waals surface area contributed by atoms with Crippen molar-refractivity contribution in [2.75, 3.05) is 19.0 Å². The van der Waals surface area contributed by atoms with E-state index in [4.69, 9.17) is 39.5 Å². The van der Waals surface area contributed by atoms with E-state index in [1.165, 1.54) is 13.2 Å². The third-order valence-electron chi connectivity index (χ3n) is 3.85. The third-order valence-corrected chi connectivity index (χ3v) is 5.64. The van der Waals surface area contributed by atoms with Crippen LogP contribution in [0, 0.1) is 0 Å². The number of para-hydroxylation sites is 1. The van der Waals surface area contributed by atoms with Gasteiger partial charge in [-0.1, -0.05) is 46.9 Å². The summed E-state index contributed by atoms with van der Waals surface area (Å²) in [6.45, 7) is -0.433. The van der Waals surface area contributed by atoms with Gasteiger partial charge < -0.3 is 10.1 Å². The summed E-state index contributed by atoms with van der Waals surface area (Å²) in [7, 11) is 1.44. The van der Waals surface area contributed by atoms with Gasteiger partial charge in [-0.3, -0.25) is 19.3 Å². The first kappa shape index (κ1) is 21.5. The van der Waals surface area contributed by atoms with Crippen LogP contribution in [-0.2, 0) is 9.59 Å². The van der Waals surface area contributed by atoms with Crippen molar-refractivity contribution in [2.24, 2.45) is 0 Å². The van der Waals surface area contributed by atoms with E-state index in [1.807, 2.05) is 0 Å². The summed E-state index contributed by atoms with van der Waals surface area (Å²) >= 11 is 18.9. The Kier molecular flexibility index (Phi) is 6.74. The van der Waals surface area contributed by atoms with Gasteiger partial charge in [0.2, 0.25) is 5.91 Å². The molecule has 1 saturated heterocycles. The first-order valence-electron chi connectivity index (χ1n) is 8.13. The van der Waals surface area contributed by atoms with E-state index in [9.17, 15) is 14.4 Å². The first-order chi connectivity index (χ1) is 13.8. The van der Waals surface area contributed by atoms with Crippen molar-refractivity contribution in [1.82, 2.24) is 4.90 Å². The molecular formula is C19H13Cl3N2O4S. The maximum Gasteiger partial charge on any atom is 0.294 e. The SMILES string of the molecule is COc1c(Cl)cc(/C=C2/SC(=O)N(CC(=O)Nc3ccccc3Cl)C2=O)cc1Cl. The molecule has 0 unspecified atom stereocenters. The van der Waals surface area contributed by atoms with E-state index in [-0.39, 0.29) is 15.0 Å². The number of amides is 3. The lowest BCUT2D eigenvalue weighted by atomic mass is 10.2. The second kappa shape index (κ2) is 9.09. The van der Waals surface area contributed by atoms with E-state index in [0.29, 0.717) is 22.0 Å². The van der Waals surface area contributed by atoms with E-state index < -0.39 is 23.6 Å². The Hall–Kier alpha value is -2.19. The van der Waals surface area contributed by atoms with Crippen molar-refractivity contribution in [3.05, 3.63) is 61.9 Å². The smallest absolute Gasteiger partial charge is 0.294 e. The lowest BCUT2D eigenvalue weighted by Crippen LogP contribution is -2.36. The molecule has 1 N–H and O–H groups in total. The Morgan fingerprint density at radius 1 is 1.14 bits per heavy atom. The number of halogens is 3. The normalized spacial score (nSPS) is 15.2. The van der Waals surface area contributed by atoms with E-state index >= 15 is 0 Å². The minimum Gasteiger partial charge on any atom is -0.494 e. The zero-order valence-corrected chi connectivity index (χ0v) is 18.0. The van der Waals surface area contributed by atoms with Crippen LogP contribution in [0.15, 0.2) is 41.3 Å². The standard InChI is InChI=1S/C19H13Cl3N2O4S/c1-28-17-12(21)6-10(7-13(17)22)8-15-18(26)24(19(27)29-15)9-16(25)23-14-5-3-2-4-11(14)20/h2-8H,9H2,1H3,(H,23,25)/b15-8+. The van der Waals surface area contributed by atoms with Gasteiger partial charge in [-0.25, -0.2) is 0 Å². The molecule has 0 bridgehead atoms. The van der Waals surface area contributed by atoms with Crippen LogP contribution in [0.1, 0.15) is 5.56 Å². The molecule has 1 aliphatic heterocycles. The molecule has 150 valence electrons. The number of anilines is 1. The Labute approximate surface area is 185 Å². The zero-order chi connectivity index (χ0) is 21.1. The molecule has 0 radical (unpaired) electrons. The molecule has 0 saturated carbocycles. The van der Waals surface area contributed by atoms with Crippen LogP contribution in [0.25, 0.3) is 6.08 Å². The van der Waals surface area contributed by atoms with Gasteiger partial charge in [-0.2, -0.15) is 0 Å². The average Bonchev–Trinajstić information content (AvgIpc) is 2.91. The van der Waals surface area contributed by atoms with Crippen LogP contribution in [0.5, 0.6) is 5.75 Å². The predicted octanol–water partition coefficient (Wildman–Crippen LogP) is 5.33. The molecule has 0 atom stereocenters. The van der Waals surface area contributed by atoms with Crippen molar-refractivity contribution in [1.29, 1.82) is 0 Å². The highest BCUT2D eigenvalue weighted by Crippen LogP contribution is 2.37. The van der Waals surface area contributed by atoms with Gasteiger partial charge in [0.25, 0.3) is 11.1 Å². The monoisotopic (exact) mass is 470 g/mol. The van der Waals surface area contributed by atoms with E-state index in [0.717, 1.165) is 16.7 Å². The van der Waals surface area contributed by atoms with Crippen molar-refractivity contribution in [2.45, 2.75) is 0 Å². The number of nitrogens with zero attached hydrogens (tertiary/aromatic N) is 1. The Morgan fingerprint density at radius 3 is 2.41 bits per heavy atom. The number of thioether (sulfide) groups is 1. The fraction of sp³-hybridized carbons (Fsp3) is 0.105. The van der Waals surface area contributed by atoms with Gasteiger partial charge in [-0.05, 0) is 47.7 Å². The Balaban J connectivity index is 1.75. The van der Waals surface area contributed by atoms with Crippen LogP contribution in [0.2, 0.25) is 15.1 Å². The Morgan fingerprint density at radius 2 is 1.79 bits per heavy atom. The highest BCUT2D eigenvalue weighted by atomic mass is 35.5. The van der Waals surface area contributed by atoms with Crippen molar-refractivity contribution in [3.63, 3.8) is 0 Å². The highest BCUT2D eigenvalue weighted by Gasteiger charge is 2.36. The summed E-state index contributed by atoms with van der Waals surface area (Å²) in [5.41, 5.74) is 0.913. The molecule has 2 aromatic rings. The Bertz CT molecular complexity index is 1020. The molecule has 2 aromatic carbocycles. The molecule has 0 spiro atoms. The summed E-state index contributed by atoms with van der Waals surface area (Å²) in [5.74, 6) is -0.815. The maximum atomic E-state index is 12.6. The van der Waals surface area contributed by atoms with Crippen molar-refractivity contribution < 1.29 is 19.1 Å². The van der Waals surface area contributed by atoms with Gasteiger partial charge in [0.15, 0.2) is 5.75 Å². The number of rotatable bonds is 5. The average molecular weight is 472 g/mol. The molecular weight excluding hydrogens is 459 g/mol. The van der Waals surface area contributed by atoms with Crippen LogP contribution in [0.4, 0.5) is 10.5 Å². The van der Waals surface area contributed by atoms with Crippen molar-refractivity contribution >= 4 is 75.4 Å². The topological polar surface area (TPSA) is 75.7 Å². The van der Waals surface area contributed by atoms with E-state index in [1.54, 1.807) is 36.4 Å². The summed E-state index contributed by atoms with van der Waals surface area (Å²) in [6, 6.07) is 9.78. The fourth-order valence-electron chi connectivity index (χ4n) is 2.54. The highest BCUT2D eigenvalue weighted by molar-refractivity contribution is 8.18. The molecule has 6 nitrogen and oxygen atoms in total. The number of hydrogen-bond acceptors (Lipinski definition) is 5. The summed E-state index contributed by atoms with van der Waals surface area (Å²) < 4.78 is 5.08. The second-order valence-electron chi connectivity index (χ2n) is 5.81. The number of benzene rings is 2. The minimum absolute atomic E-state index is 0.151. The lowest BCUT2D eigenvalue weighted by molar-refractivity contribution is -0.127. The number of imide groups is 1. The molecule has 1 aliphatic rings. The van der Waals surface area contributed by atoms with Gasteiger partial charge >= 0.3 is 0 Å². The molecule has 3 amide bonds. The quantitative estimate of drug-likeness (QED) is 0.597. The zero-order valence-electron chi connectivity index (χ0n) is 14.9. The van der Waals surface area contributed by atoms with E-state index in [2.05, 4.69) is 5.32 Å². The van der Waals surface area contributed by atoms with Gasteiger partial charge in [0, 0.05) is 0 Å².